The Hall–Kier alpha value is -2.98. The Bertz CT molecular complexity index is 982. The van der Waals surface area contributed by atoms with Gasteiger partial charge in [0.1, 0.15) is 29.5 Å². The maximum absolute atomic E-state index is 13.7. The van der Waals surface area contributed by atoms with Gasteiger partial charge < -0.3 is 30.8 Å². The molecule has 1 saturated heterocycles. The zero-order chi connectivity index (χ0) is 27.9. The van der Waals surface area contributed by atoms with Crippen LogP contribution in [0.4, 0.5) is 4.79 Å². The van der Waals surface area contributed by atoms with Crippen LogP contribution in [0.5, 0.6) is 0 Å². The van der Waals surface area contributed by atoms with Crippen LogP contribution in [-0.2, 0) is 28.7 Å². The number of piperidine rings is 1. The van der Waals surface area contributed by atoms with Gasteiger partial charge in [0, 0.05) is 13.0 Å². The first kappa shape index (κ1) is 28.6. The highest BCUT2D eigenvalue weighted by Gasteiger charge is 2.69. The second kappa shape index (κ2) is 10.4. The first-order valence-electron chi connectivity index (χ1n) is 13.0. The number of hydrogen-bond acceptors (Lipinski definition) is 7. The fraction of sp³-hybridized carbons (Fsp3) is 0.769. The van der Waals surface area contributed by atoms with Gasteiger partial charge in [0.25, 0.3) is 5.91 Å². The second-order valence-electron chi connectivity index (χ2n) is 12.2. The standard InChI is InChI=1S/C26H40N4O7/c1-13(31)10-11-16(28-24(36)37-25(2,3)4)23(35)30-12-15-17(26(15,5)6)19(30)22(34)29-18(14-8-7-9-14)20(32)21(27)33/h14-19H,7-12H2,1-6H3,(H2,27,33)(H,28,36)(H,29,34)/t15?,16-,17?,18?,19?/m0/s1. The number of carbonyl (C=O) groups excluding carboxylic acids is 6. The van der Waals surface area contributed by atoms with Gasteiger partial charge in [0.2, 0.25) is 17.6 Å². The van der Waals surface area contributed by atoms with Crippen LogP contribution in [0.3, 0.4) is 0 Å². The number of rotatable bonds is 10. The molecule has 0 aromatic rings. The lowest BCUT2D eigenvalue weighted by Gasteiger charge is -2.36. The molecule has 4 N–H and O–H groups in total. The molecular formula is C26H40N4O7. The molecule has 4 unspecified atom stereocenters. The summed E-state index contributed by atoms with van der Waals surface area (Å²) < 4.78 is 5.31. The van der Waals surface area contributed by atoms with Crippen molar-refractivity contribution in [3.63, 3.8) is 0 Å². The lowest BCUT2D eigenvalue weighted by Crippen LogP contribution is -2.59. The van der Waals surface area contributed by atoms with Gasteiger partial charge >= 0.3 is 6.09 Å². The number of likely N-dealkylation sites (tertiary alicyclic amines) is 1. The topological polar surface area (TPSA) is 165 Å². The molecule has 0 spiro atoms. The lowest BCUT2D eigenvalue weighted by molar-refractivity contribution is -0.144. The molecule has 0 aromatic carbocycles. The summed E-state index contributed by atoms with van der Waals surface area (Å²) in [6, 6.07) is -2.97. The minimum Gasteiger partial charge on any atom is -0.444 e. The highest BCUT2D eigenvalue weighted by molar-refractivity contribution is 6.38. The van der Waals surface area contributed by atoms with Crippen molar-refractivity contribution in [2.45, 2.75) is 97.4 Å². The van der Waals surface area contributed by atoms with Gasteiger partial charge in [-0.15, -0.1) is 0 Å². The smallest absolute Gasteiger partial charge is 0.408 e. The fourth-order valence-corrected chi connectivity index (χ4v) is 5.63. The van der Waals surface area contributed by atoms with Crippen LogP contribution in [0.2, 0.25) is 0 Å². The first-order chi connectivity index (χ1) is 17.0. The van der Waals surface area contributed by atoms with Crippen LogP contribution >= 0.6 is 0 Å². The van der Waals surface area contributed by atoms with Gasteiger partial charge in [-0.05, 0) is 70.1 Å². The summed E-state index contributed by atoms with van der Waals surface area (Å²) in [5, 5.41) is 5.31. The van der Waals surface area contributed by atoms with Crippen molar-refractivity contribution in [2.75, 3.05) is 6.54 Å². The van der Waals surface area contributed by atoms with Crippen molar-refractivity contribution in [1.29, 1.82) is 0 Å². The van der Waals surface area contributed by atoms with Gasteiger partial charge in [0.15, 0.2) is 0 Å². The van der Waals surface area contributed by atoms with E-state index in [1.807, 2.05) is 13.8 Å². The molecule has 3 aliphatic rings. The number of ketones is 2. The molecule has 0 aromatic heterocycles. The van der Waals surface area contributed by atoms with Crippen LogP contribution in [0.25, 0.3) is 0 Å². The summed E-state index contributed by atoms with van der Waals surface area (Å²) in [5.41, 5.74) is 4.26. The Morgan fingerprint density at radius 1 is 1.08 bits per heavy atom. The lowest BCUT2D eigenvalue weighted by atomic mass is 9.78. The first-order valence-corrected chi connectivity index (χ1v) is 13.0. The third-order valence-electron chi connectivity index (χ3n) is 7.98. The summed E-state index contributed by atoms with van der Waals surface area (Å²) >= 11 is 0. The number of hydrogen-bond donors (Lipinski definition) is 3. The summed E-state index contributed by atoms with van der Waals surface area (Å²) in [4.78, 5) is 77.0. The molecule has 0 radical (unpaired) electrons. The number of fused-ring (bicyclic) bond motifs is 1. The molecule has 1 heterocycles. The van der Waals surface area contributed by atoms with E-state index in [1.165, 1.54) is 11.8 Å². The van der Waals surface area contributed by atoms with Gasteiger partial charge in [-0.1, -0.05) is 20.3 Å². The van der Waals surface area contributed by atoms with Crippen LogP contribution in [-0.4, -0.2) is 70.6 Å². The van der Waals surface area contributed by atoms with Gasteiger partial charge in [-0.25, -0.2) is 4.79 Å². The zero-order valence-electron chi connectivity index (χ0n) is 22.6. The summed E-state index contributed by atoms with van der Waals surface area (Å²) in [6.07, 6.45) is 1.61. The quantitative estimate of drug-likeness (QED) is 0.362. The van der Waals surface area contributed by atoms with Crippen molar-refractivity contribution in [1.82, 2.24) is 15.5 Å². The van der Waals surface area contributed by atoms with Crippen molar-refractivity contribution < 1.29 is 33.5 Å². The highest BCUT2D eigenvalue weighted by atomic mass is 16.6. The number of amides is 4. The monoisotopic (exact) mass is 520 g/mol. The second-order valence-corrected chi connectivity index (χ2v) is 12.2. The minimum absolute atomic E-state index is 0.0574. The molecule has 11 heteroatoms. The maximum Gasteiger partial charge on any atom is 0.408 e. The van der Waals surface area contributed by atoms with E-state index >= 15 is 0 Å². The van der Waals surface area contributed by atoms with Gasteiger partial charge in [-0.2, -0.15) is 0 Å². The zero-order valence-corrected chi connectivity index (χ0v) is 22.6. The van der Waals surface area contributed by atoms with Crippen LogP contribution in [0, 0.1) is 23.2 Å². The number of primary amides is 1. The molecule has 2 saturated carbocycles. The van der Waals surface area contributed by atoms with E-state index in [2.05, 4.69) is 10.6 Å². The Morgan fingerprint density at radius 2 is 1.70 bits per heavy atom. The molecule has 11 nitrogen and oxygen atoms in total. The summed E-state index contributed by atoms with van der Waals surface area (Å²) in [6.45, 7) is 10.8. The predicted octanol–water partition coefficient (Wildman–Crippen LogP) is 1.07. The van der Waals surface area contributed by atoms with E-state index in [9.17, 15) is 28.8 Å². The average Bonchev–Trinajstić information content (AvgIpc) is 3.06. The normalized spacial score (nSPS) is 25.7. The molecule has 1 aliphatic heterocycles. The number of nitrogens with two attached hydrogens (primary N) is 1. The highest BCUT2D eigenvalue weighted by Crippen LogP contribution is 2.65. The molecule has 4 amide bonds. The van der Waals surface area contributed by atoms with E-state index in [0.717, 1.165) is 6.42 Å². The number of nitrogens with zero attached hydrogens (tertiary/aromatic N) is 1. The number of nitrogens with one attached hydrogen (secondary N) is 2. The molecule has 3 rings (SSSR count). The molecule has 2 aliphatic carbocycles. The molecule has 37 heavy (non-hydrogen) atoms. The van der Waals surface area contributed by atoms with E-state index in [-0.39, 0.29) is 41.8 Å². The van der Waals surface area contributed by atoms with E-state index in [0.29, 0.717) is 19.4 Å². The summed E-state index contributed by atoms with van der Waals surface area (Å²) in [7, 11) is 0. The average molecular weight is 521 g/mol. The number of carbonyl (C=O) groups is 6. The Balaban J connectivity index is 1.82. The molecule has 0 bridgehead atoms. The fourth-order valence-electron chi connectivity index (χ4n) is 5.63. The maximum atomic E-state index is 13.7. The largest absolute Gasteiger partial charge is 0.444 e. The number of Topliss-reactive ketones (excluding diaryl/α,β-unsaturated/α-hetero) is 2. The van der Waals surface area contributed by atoms with Crippen molar-refractivity contribution >= 4 is 35.4 Å². The molecule has 5 atom stereocenters. The molecule has 206 valence electrons. The Morgan fingerprint density at radius 3 is 2.19 bits per heavy atom. The van der Waals surface area contributed by atoms with Crippen molar-refractivity contribution in [3.05, 3.63) is 0 Å². The van der Waals surface area contributed by atoms with E-state index < -0.39 is 53.3 Å². The van der Waals surface area contributed by atoms with Crippen molar-refractivity contribution in [3.8, 4) is 0 Å². The third-order valence-corrected chi connectivity index (χ3v) is 7.98. The SMILES string of the molecule is CC(=O)CC[C@H](NC(=O)OC(C)(C)C)C(=O)N1CC2C(C1C(=O)NC(C(=O)C(N)=O)C1CCC1)C2(C)C. The predicted molar refractivity (Wildman–Crippen MR) is 133 cm³/mol. The van der Waals surface area contributed by atoms with Gasteiger partial charge in [0.05, 0.1) is 0 Å². The number of alkyl carbamates (subject to hydrolysis) is 1. The van der Waals surface area contributed by atoms with E-state index in [4.69, 9.17) is 10.5 Å². The van der Waals surface area contributed by atoms with Crippen LogP contribution in [0.15, 0.2) is 0 Å². The van der Waals surface area contributed by atoms with Crippen molar-refractivity contribution in [2.24, 2.45) is 28.9 Å². The Kier molecular flexibility index (Phi) is 8.05. The Labute approximate surface area is 217 Å². The molecular weight excluding hydrogens is 480 g/mol. The number of ether oxygens (including phenoxy) is 1. The van der Waals surface area contributed by atoms with Crippen LogP contribution < -0.4 is 16.4 Å². The summed E-state index contributed by atoms with van der Waals surface area (Å²) in [5.74, 6) is -3.34. The van der Waals surface area contributed by atoms with Crippen LogP contribution in [0.1, 0.15) is 73.6 Å². The van der Waals surface area contributed by atoms with Gasteiger partial charge in [-0.3, -0.25) is 19.2 Å². The van der Waals surface area contributed by atoms with E-state index in [1.54, 1.807) is 20.8 Å². The minimum atomic E-state index is -1.10. The third kappa shape index (κ3) is 6.30. The molecule has 3 fully saturated rings.